The number of benzene rings is 1. The molecule has 0 N–H and O–H groups in total. The Morgan fingerprint density at radius 2 is 1.75 bits per heavy atom. The van der Waals surface area contributed by atoms with Gasteiger partial charge in [-0.05, 0) is 63.5 Å². The third-order valence-electron chi connectivity index (χ3n) is 4.67. The number of hydrogen-bond donors (Lipinski definition) is 0. The van der Waals surface area contributed by atoms with Gasteiger partial charge in [0.15, 0.2) is 11.5 Å². The number of esters is 1. The second kappa shape index (κ2) is 7.71. The molecule has 0 atom stereocenters. The van der Waals surface area contributed by atoms with Gasteiger partial charge in [0.1, 0.15) is 5.76 Å². The van der Waals surface area contributed by atoms with Crippen molar-refractivity contribution in [3.8, 4) is 11.5 Å². The van der Waals surface area contributed by atoms with Crippen LogP contribution in [0.4, 0.5) is 0 Å². The molecule has 0 saturated carbocycles. The van der Waals surface area contributed by atoms with Gasteiger partial charge in [0.05, 0.1) is 19.8 Å². The molecule has 1 saturated heterocycles. The maximum atomic E-state index is 12.1. The maximum Gasteiger partial charge on any atom is 0.344 e. The molecule has 5 nitrogen and oxygen atoms in total. The molecule has 0 aromatic heterocycles. The molecule has 0 aliphatic carbocycles. The molecule has 1 aromatic rings. The van der Waals surface area contributed by atoms with Crippen LogP contribution in [0.15, 0.2) is 18.2 Å². The minimum absolute atomic E-state index is 0.326. The van der Waals surface area contributed by atoms with Crippen molar-refractivity contribution in [2.24, 2.45) is 0 Å². The van der Waals surface area contributed by atoms with Crippen LogP contribution in [0.25, 0.3) is 5.76 Å². The minimum atomic E-state index is -0.326. The van der Waals surface area contributed by atoms with Crippen LogP contribution in [-0.2, 0) is 4.74 Å². The molecule has 0 radical (unpaired) electrons. The monoisotopic (exact) mass is 331 g/mol. The summed E-state index contributed by atoms with van der Waals surface area (Å²) in [4.78, 5) is 14.6. The second-order valence-corrected chi connectivity index (χ2v) is 6.26. The van der Waals surface area contributed by atoms with Gasteiger partial charge in [-0.15, -0.1) is 0 Å². The van der Waals surface area contributed by atoms with E-state index in [0.29, 0.717) is 22.8 Å². The van der Waals surface area contributed by atoms with Crippen molar-refractivity contribution in [3.63, 3.8) is 0 Å². The van der Waals surface area contributed by atoms with E-state index in [1.807, 2.05) is 12.1 Å². The lowest BCUT2D eigenvalue weighted by atomic mass is 10.1. The highest BCUT2D eigenvalue weighted by molar-refractivity contribution is 6.03. The van der Waals surface area contributed by atoms with E-state index < -0.39 is 0 Å². The Bertz CT molecular complexity index is 632. The molecular formula is C19H25NO4. The number of allylic oxidation sites excluding steroid dienone is 1. The number of unbranched alkanes of at least 4 members (excludes halogenated alkanes) is 1. The van der Waals surface area contributed by atoms with E-state index in [1.54, 1.807) is 20.3 Å². The summed E-state index contributed by atoms with van der Waals surface area (Å²) >= 11 is 0. The van der Waals surface area contributed by atoms with Gasteiger partial charge < -0.3 is 19.1 Å². The number of ether oxygens (including phenoxy) is 3. The van der Waals surface area contributed by atoms with Crippen LogP contribution in [0.3, 0.4) is 0 Å². The largest absolute Gasteiger partial charge is 0.493 e. The summed E-state index contributed by atoms with van der Waals surface area (Å²) in [5.41, 5.74) is 1.32. The molecule has 0 spiro atoms. The summed E-state index contributed by atoms with van der Waals surface area (Å²) in [5.74, 6) is 1.45. The van der Waals surface area contributed by atoms with E-state index in [2.05, 4.69) is 4.90 Å². The van der Waals surface area contributed by atoms with Crippen molar-refractivity contribution in [1.29, 1.82) is 0 Å². The summed E-state index contributed by atoms with van der Waals surface area (Å²) in [6.07, 6.45) is 7.97. The topological polar surface area (TPSA) is 48.0 Å². The van der Waals surface area contributed by atoms with Crippen molar-refractivity contribution in [2.75, 3.05) is 33.9 Å². The molecule has 3 rings (SSSR count). The van der Waals surface area contributed by atoms with Crippen LogP contribution in [0.5, 0.6) is 11.5 Å². The van der Waals surface area contributed by atoms with Gasteiger partial charge in [-0.1, -0.05) is 6.42 Å². The standard InChI is InChI=1S/C19H25NO4/c1-22-17-12-14-15(13-18(17)23-2)19(21)24-16(14)8-4-7-11-20-9-5-3-6-10-20/h8,12-13H,3-7,9-11H2,1-2H3/b16-8+. The molecule has 2 heterocycles. The van der Waals surface area contributed by atoms with Crippen LogP contribution in [0.1, 0.15) is 48.0 Å². The smallest absolute Gasteiger partial charge is 0.344 e. The SMILES string of the molecule is COc1cc2c(cc1OC)/C(=C\CCCN1CCCCC1)OC2=O. The number of fused-ring (bicyclic) bond motifs is 1. The fourth-order valence-corrected chi connectivity index (χ4v) is 3.34. The third kappa shape index (κ3) is 3.56. The Labute approximate surface area is 143 Å². The van der Waals surface area contributed by atoms with E-state index in [9.17, 15) is 4.79 Å². The van der Waals surface area contributed by atoms with Crippen molar-refractivity contribution < 1.29 is 19.0 Å². The predicted molar refractivity (Wildman–Crippen MR) is 92.5 cm³/mol. The molecule has 130 valence electrons. The van der Waals surface area contributed by atoms with E-state index >= 15 is 0 Å². The van der Waals surface area contributed by atoms with Crippen molar-refractivity contribution in [1.82, 2.24) is 4.90 Å². The molecule has 0 bridgehead atoms. The lowest BCUT2D eigenvalue weighted by molar-refractivity contribution is 0.0715. The number of piperidine rings is 1. The molecule has 1 fully saturated rings. The molecule has 1 aromatic carbocycles. The third-order valence-corrected chi connectivity index (χ3v) is 4.67. The van der Waals surface area contributed by atoms with E-state index in [0.717, 1.165) is 24.9 Å². The predicted octanol–water partition coefficient (Wildman–Crippen LogP) is 3.48. The lowest BCUT2D eigenvalue weighted by Crippen LogP contribution is -2.30. The Morgan fingerprint density at radius 1 is 1.08 bits per heavy atom. The van der Waals surface area contributed by atoms with E-state index in [4.69, 9.17) is 14.2 Å². The average molecular weight is 331 g/mol. The molecular weight excluding hydrogens is 306 g/mol. The first-order valence-corrected chi connectivity index (χ1v) is 8.64. The summed E-state index contributed by atoms with van der Waals surface area (Å²) in [6.45, 7) is 3.54. The van der Waals surface area contributed by atoms with Gasteiger partial charge >= 0.3 is 5.97 Å². The number of carbonyl (C=O) groups excluding carboxylic acids is 1. The zero-order valence-corrected chi connectivity index (χ0v) is 14.5. The normalized spacial score (nSPS) is 19.2. The molecule has 2 aliphatic rings. The van der Waals surface area contributed by atoms with E-state index in [1.165, 1.54) is 32.4 Å². The average Bonchev–Trinajstić information content (AvgIpc) is 2.93. The highest BCUT2D eigenvalue weighted by atomic mass is 16.5. The highest BCUT2D eigenvalue weighted by Crippen LogP contribution is 2.38. The van der Waals surface area contributed by atoms with Crippen LogP contribution in [-0.4, -0.2) is 44.7 Å². The number of cyclic esters (lactones) is 1. The Kier molecular flexibility index (Phi) is 5.41. The van der Waals surface area contributed by atoms with Crippen molar-refractivity contribution in [2.45, 2.75) is 32.1 Å². The maximum absolute atomic E-state index is 12.1. The number of likely N-dealkylation sites (tertiary alicyclic amines) is 1. The van der Waals surface area contributed by atoms with Crippen LogP contribution >= 0.6 is 0 Å². The Morgan fingerprint density at radius 3 is 2.42 bits per heavy atom. The van der Waals surface area contributed by atoms with Crippen molar-refractivity contribution >= 4 is 11.7 Å². The molecule has 5 heteroatoms. The highest BCUT2D eigenvalue weighted by Gasteiger charge is 2.28. The van der Waals surface area contributed by atoms with Gasteiger partial charge in [-0.2, -0.15) is 0 Å². The van der Waals surface area contributed by atoms with E-state index in [-0.39, 0.29) is 5.97 Å². The van der Waals surface area contributed by atoms with Gasteiger partial charge in [0.25, 0.3) is 0 Å². The number of carbonyl (C=O) groups is 1. The molecule has 24 heavy (non-hydrogen) atoms. The molecule has 2 aliphatic heterocycles. The first-order valence-electron chi connectivity index (χ1n) is 8.64. The summed E-state index contributed by atoms with van der Waals surface area (Å²) in [6, 6.07) is 3.50. The number of nitrogens with zero attached hydrogens (tertiary/aromatic N) is 1. The summed E-state index contributed by atoms with van der Waals surface area (Å²) in [7, 11) is 3.14. The number of hydrogen-bond acceptors (Lipinski definition) is 5. The van der Waals surface area contributed by atoms with Crippen molar-refractivity contribution in [3.05, 3.63) is 29.3 Å². The number of methoxy groups -OCH3 is 2. The van der Waals surface area contributed by atoms with Gasteiger partial charge in [0, 0.05) is 5.56 Å². The van der Waals surface area contributed by atoms with Crippen LogP contribution in [0.2, 0.25) is 0 Å². The zero-order valence-electron chi connectivity index (χ0n) is 14.5. The van der Waals surface area contributed by atoms with Gasteiger partial charge in [-0.3, -0.25) is 0 Å². The fourth-order valence-electron chi connectivity index (χ4n) is 3.34. The first kappa shape index (κ1) is 16.8. The Balaban J connectivity index is 1.66. The molecule has 0 unspecified atom stereocenters. The fraction of sp³-hybridized carbons (Fsp3) is 0.526. The zero-order chi connectivity index (χ0) is 16.9. The lowest BCUT2D eigenvalue weighted by Gasteiger charge is -2.26. The minimum Gasteiger partial charge on any atom is -0.493 e. The summed E-state index contributed by atoms with van der Waals surface area (Å²) in [5, 5.41) is 0. The quantitative estimate of drug-likeness (QED) is 0.590. The Hall–Kier alpha value is -2.01. The number of rotatable bonds is 6. The van der Waals surface area contributed by atoms with Crippen LogP contribution in [0, 0.1) is 0 Å². The second-order valence-electron chi connectivity index (χ2n) is 6.26. The van der Waals surface area contributed by atoms with Crippen LogP contribution < -0.4 is 9.47 Å². The van der Waals surface area contributed by atoms with Gasteiger partial charge in [0.2, 0.25) is 0 Å². The van der Waals surface area contributed by atoms with Gasteiger partial charge in [-0.25, -0.2) is 4.79 Å². The first-order chi connectivity index (χ1) is 11.7. The summed E-state index contributed by atoms with van der Waals surface area (Å²) < 4.78 is 16.0. The molecule has 0 amide bonds.